The second-order valence-corrected chi connectivity index (χ2v) is 6.80. The number of carbonyl (C=O) groups excluding carboxylic acids is 2. The monoisotopic (exact) mass is 473 g/mol. The summed E-state index contributed by atoms with van der Waals surface area (Å²) < 4.78 is 54.7. The predicted octanol–water partition coefficient (Wildman–Crippen LogP) is 3.32. The van der Waals surface area contributed by atoms with E-state index in [1.165, 1.54) is 0 Å². The molecular formula is C23H18F3N3O5. The third kappa shape index (κ3) is 4.25. The highest BCUT2D eigenvalue weighted by Crippen LogP contribution is 2.45. The Morgan fingerprint density at radius 2 is 1.71 bits per heavy atom. The van der Waals surface area contributed by atoms with Crippen molar-refractivity contribution < 1.29 is 37.0 Å². The molecular weight excluding hydrogens is 455 g/mol. The van der Waals surface area contributed by atoms with Crippen LogP contribution in [0.15, 0.2) is 71.2 Å². The predicted molar refractivity (Wildman–Crippen MR) is 113 cm³/mol. The third-order valence-corrected chi connectivity index (χ3v) is 5.00. The Morgan fingerprint density at radius 1 is 1.06 bits per heavy atom. The zero-order valence-corrected chi connectivity index (χ0v) is 17.9. The number of halogens is 3. The quantitative estimate of drug-likeness (QED) is 0.636. The van der Waals surface area contributed by atoms with Crippen LogP contribution in [0.25, 0.3) is 0 Å². The Balaban J connectivity index is 2.45. The summed E-state index contributed by atoms with van der Waals surface area (Å²) in [6.07, 6.45) is 0. The lowest BCUT2D eigenvalue weighted by molar-refractivity contribution is -0.139. The van der Waals surface area contributed by atoms with E-state index in [-0.39, 0.29) is 11.1 Å². The van der Waals surface area contributed by atoms with Gasteiger partial charge in [0.15, 0.2) is 11.6 Å². The average molecular weight is 473 g/mol. The number of rotatable bonds is 6. The normalized spacial score (nSPS) is 15.8. The van der Waals surface area contributed by atoms with Gasteiger partial charge >= 0.3 is 18.6 Å². The number of nitrogens with zero attached hydrogens (tertiary/aromatic N) is 2. The Morgan fingerprint density at radius 3 is 2.26 bits per heavy atom. The van der Waals surface area contributed by atoms with Crippen LogP contribution in [0.2, 0.25) is 0 Å². The van der Waals surface area contributed by atoms with Crippen molar-refractivity contribution in [3.8, 4) is 11.8 Å². The fourth-order valence-electron chi connectivity index (χ4n) is 3.64. The van der Waals surface area contributed by atoms with E-state index in [1.807, 2.05) is 6.07 Å². The van der Waals surface area contributed by atoms with Crippen LogP contribution in [-0.2, 0) is 19.1 Å². The van der Waals surface area contributed by atoms with Crippen LogP contribution in [0.5, 0.6) is 5.75 Å². The number of benzene rings is 2. The molecule has 8 nitrogen and oxygen atoms in total. The Bertz CT molecular complexity index is 1220. The summed E-state index contributed by atoms with van der Waals surface area (Å²) >= 11 is 0. The first kappa shape index (κ1) is 24.2. The Hall–Kier alpha value is -4.46. The number of esters is 2. The van der Waals surface area contributed by atoms with E-state index in [4.69, 9.17) is 15.2 Å². The second kappa shape index (κ2) is 9.99. The van der Waals surface area contributed by atoms with Crippen molar-refractivity contribution in [3.63, 3.8) is 0 Å². The zero-order chi connectivity index (χ0) is 25.0. The van der Waals surface area contributed by atoms with E-state index in [9.17, 15) is 28.0 Å². The maximum absolute atomic E-state index is 14.5. The first-order chi connectivity index (χ1) is 16.3. The molecule has 0 radical (unpaired) electrons. The van der Waals surface area contributed by atoms with E-state index in [0.717, 1.165) is 37.3 Å². The number of carbonyl (C=O) groups is 2. The van der Waals surface area contributed by atoms with Gasteiger partial charge in [-0.25, -0.2) is 14.0 Å². The molecule has 11 heteroatoms. The third-order valence-electron chi connectivity index (χ3n) is 5.00. The molecule has 1 aliphatic heterocycles. The first-order valence-electron chi connectivity index (χ1n) is 9.65. The fraction of sp³-hybridized carbons (Fsp3) is 0.174. The molecule has 0 saturated heterocycles. The molecule has 0 fully saturated rings. The highest BCUT2D eigenvalue weighted by atomic mass is 19.3. The van der Waals surface area contributed by atoms with Crippen molar-refractivity contribution in [1.82, 2.24) is 0 Å². The maximum Gasteiger partial charge on any atom is 0.387 e. The average Bonchev–Trinajstić information content (AvgIpc) is 2.84. The minimum atomic E-state index is -3.43. The molecule has 1 atom stereocenters. The van der Waals surface area contributed by atoms with Crippen molar-refractivity contribution in [3.05, 3.63) is 82.6 Å². The maximum atomic E-state index is 14.5. The Kier molecular flexibility index (Phi) is 7.11. The van der Waals surface area contributed by atoms with Crippen LogP contribution in [-0.4, -0.2) is 32.8 Å². The van der Waals surface area contributed by atoms with Gasteiger partial charge in [-0.05, 0) is 17.7 Å². The van der Waals surface area contributed by atoms with Crippen molar-refractivity contribution >= 4 is 17.6 Å². The number of allylic oxidation sites excluding steroid dienone is 1. The second-order valence-electron chi connectivity index (χ2n) is 6.80. The van der Waals surface area contributed by atoms with Crippen molar-refractivity contribution in [1.29, 1.82) is 5.26 Å². The number of ether oxygens (including phenoxy) is 3. The zero-order valence-electron chi connectivity index (χ0n) is 17.9. The van der Waals surface area contributed by atoms with Crippen molar-refractivity contribution in [2.45, 2.75) is 12.5 Å². The number of nitrogens with two attached hydrogens (primary N) is 1. The number of nitriles is 1. The number of hydrogen-bond donors (Lipinski definition) is 1. The Labute approximate surface area is 192 Å². The number of hydrogen-bond acceptors (Lipinski definition) is 8. The van der Waals surface area contributed by atoms with E-state index in [1.54, 1.807) is 30.3 Å². The number of methoxy groups -OCH3 is 2. The van der Waals surface area contributed by atoms with Gasteiger partial charge in [0, 0.05) is 0 Å². The summed E-state index contributed by atoms with van der Waals surface area (Å²) in [6.45, 7) is -3.43. The van der Waals surface area contributed by atoms with Gasteiger partial charge in [0.05, 0.1) is 43.0 Å². The van der Waals surface area contributed by atoms with E-state index in [2.05, 4.69) is 4.74 Å². The van der Waals surface area contributed by atoms with E-state index in [0.29, 0.717) is 5.56 Å². The molecule has 0 saturated carbocycles. The van der Waals surface area contributed by atoms with Gasteiger partial charge in [-0.15, -0.1) is 0 Å². The van der Waals surface area contributed by atoms with Crippen LogP contribution >= 0.6 is 0 Å². The molecule has 0 aliphatic carbocycles. The van der Waals surface area contributed by atoms with Crippen molar-refractivity contribution in [2.75, 3.05) is 19.1 Å². The van der Waals surface area contributed by atoms with Crippen LogP contribution in [0, 0.1) is 17.1 Å². The minimum Gasteiger partial charge on any atom is -0.466 e. The summed E-state index contributed by atoms with van der Waals surface area (Å²) in [5.74, 6) is -5.88. The molecule has 1 aliphatic rings. The molecule has 2 aromatic rings. The van der Waals surface area contributed by atoms with E-state index < -0.39 is 53.2 Å². The van der Waals surface area contributed by atoms with Gasteiger partial charge in [-0.3, -0.25) is 4.90 Å². The summed E-state index contributed by atoms with van der Waals surface area (Å²) in [5, 5.41) is 9.95. The topological polar surface area (TPSA) is 115 Å². The smallest absolute Gasteiger partial charge is 0.387 e. The molecule has 2 N–H and O–H groups in total. The number of anilines is 1. The lowest BCUT2D eigenvalue weighted by Crippen LogP contribution is -2.41. The SMILES string of the molecule is COC(=O)C1=C(C(=O)OC)N(c2cccc(F)c2OC(F)F)C(N)=C(C#N)C1c1ccccc1. The molecule has 1 heterocycles. The van der Waals surface area contributed by atoms with Gasteiger partial charge in [0.2, 0.25) is 0 Å². The molecule has 0 aromatic heterocycles. The van der Waals surface area contributed by atoms with E-state index >= 15 is 0 Å². The molecule has 0 spiro atoms. The highest BCUT2D eigenvalue weighted by Gasteiger charge is 2.44. The fourth-order valence-corrected chi connectivity index (χ4v) is 3.64. The molecule has 3 rings (SSSR count). The molecule has 0 amide bonds. The van der Waals surface area contributed by atoms with Gasteiger partial charge in [-0.1, -0.05) is 36.4 Å². The van der Waals surface area contributed by atoms with Crippen LogP contribution < -0.4 is 15.4 Å². The lowest BCUT2D eigenvalue weighted by Gasteiger charge is -2.36. The minimum absolute atomic E-state index is 0.216. The van der Waals surface area contributed by atoms with Crippen LogP contribution in [0.4, 0.5) is 18.9 Å². The molecule has 1 unspecified atom stereocenters. The van der Waals surface area contributed by atoms with Gasteiger partial charge in [0.1, 0.15) is 11.5 Å². The first-order valence-corrected chi connectivity index (χ1v) is 9.65. The standard InChI is InChI=1S/C23H18F3N3O5/c1-32-21(30)17-16(12-7-4-3-5-8-12)13(11-27)20(28)29(18(17)22(31)33-2)15-10-6-9-14(24)19(15)34-23(25)26/h3-10,16,23H,28H2,1-2H3. The summed E-state index contributed by atoms with van der Waals surface area (Å²) in [7, 11) is 2.07. The van der Waals surface area contributed by atoms with Crippen LogP contribution in [0.1, 0.15) is 11.5 Å². The molecule has 0 bridgehead atoms. The molecule has 34 heavy (non-hydrogen) atoms. The summed E-state index contributed by atoms with van der Waals surface area (Å²) in [5.41, 5.74) is 5.07. The molecule has 176 valence electrons. The van der Waals surface area contributed by atoms with Gasteiger partial charge in [0.25, 0.3) is 0 Å². The van der Waals surface area contributed by atoms with Gasteiger partial charge < -0.3 is 19.9 Å². The van der Waals surface area contributed by atoms with Gasteiger partial charge in [-0.2, -0.15) is 14.0 Å². The number of alkyl halides is 2. The summed E-state index contributed by atoms with van der Waals surface area (Å²) in [4.78, 5) is 26.7. The lowest BCUT2D eigenvalue weighted by atomic mass is 9.81. The number of para-hydroxylation sites is 1. The highest BCUT2D eigenvalue weighted by molar-refractivity contribution is 6.06. The van der Waals surface area contributed by atoms with Crippen LogP contribution in [0.3, 0.4) is 0 Å². The summed E-state index contributed by atoms with van der Waals surface area (Å²) in [6, 6.07) is 13.2. The molecule has 2 aromatic carbocycles. The van der Waals surface area contributed by atoms with Crippen molar-refractivity contribution in [2.24, 2.45) is 5.73 Å². The largest absolute Gasteiger partial charge is 0.466 e.